The number of phenols is 2. The molecule has 7 nitrogen and oxygen atoms in total. The van der Waals surface area contributed by atoms with E-state index in [1.165, 1.54) is 17.1 Å². The first-order valence-corrected chi connectivity index (χ1v) is 12.3. The van der Waals surface area contributed by atoms with E-state index in [-0.39, 0.29) is 44.1 Å². The van der Waals surface area contributed by atoms with Crippen molar-refractivity contribution in [2.24, 2.45) is 0 Å². The van der Waals surface area contributed by atoms with E-state index in [0.29, 0.717) is 22.3 Å². The minimum Gasteiger partial charge on any atom is -0.506 e. The fraction of sp³-hybridized carbons (Fsp3) is 0.0370. The van der Waals surface area contributed by atoms with Crippen LogP contribution in [0.1, 0.15) is 27.0 Å². The monoisotopic (exact) mass is 549 g/mol. The van der Waals surface area contributed by atoms with Crippen LogP contribution in [0.4, 0.5) is 5.69 Å². The van der Waals surface area contributed by atoms with E-state index >= 15 is 0 Å². The summed E-state index contributed by atoms with van der Waals surface area (Å²) in [4.78, 5) is 14.0. The van der Waals surface area contributed by atoms with Gasteiger partial charge >= 0.3 is 0 Å². The van der Waals surface area contributed by atoms with E-state index in [2.05, 4.69) is 10.7 Å². The summed E-state index contributed by atoms with van der Waals surface area (Å²) >= 11 is 18.4. The van der Waals surface area contributed by atoms with Crippen molar-refractivity contribution in [2.45, 2.75) is 5.54 Å². The number of nitrogens with zero attached hydrogens (tertiary/aromatic N) is 1. The van der Waals surface area contributed by atoms with Crippen molar-refractivity contribution in [3.63, 3.8) is 0 Å². The Morgan fingerprint density at radius 2 is 1.41 bits per heavy atom. The second kappa shape index (κ2) is 8.55. The smallest absolute Gasteiger partial charge is 0.274 e. The van der Waals surface area contributed by atoms with Gasteiger partial charge in [-0.15, -0.1) is 0 Å². The number of carbonyl (C=O) groups is 1. The van der Waals surface area contributed by atoms with Gasteiger partial charge in [0.1, 0.15) is 28.5 Å². The quantitative estimate of drug-likeness (QED) is 0.222. The summed E-state index contributed by atoms with van der Waals surface area (Å²) in [7, 11) is 0. The third-order valence-corrected chi connectivity index (χ3v) is 7.23. The van der Waals surface area contributed by atoms with Gasteiger partial charge < -0.3 is 20.3 Å². The average Bonchev–Trinajstić information content (AvgIpc) is 3.11. The number of fused-ring (bicyclic) bond motifs is 6. The Kier molecular flexibility index (Phi) is 5.41. The molecule has 0 saturated heterocycles. The number of carbonyl (C=O) groups excluding carboxylic acids is 1. The second-order valence-electron chi connectivity index (χ2n) is 8.53. The van der Waals surface area contributed by atoms with Gasteiger partial charge in [0.15, 0.2) is 5.11 Å². The van der Waals surface area contributed by atoms with Gasteiger partial charge in [-0.25, -0.2) is 5.01 Å². The van der Waals surface area contributed by atoms with E-state index in [1.807, 2.05) is 42.5 Å². The molecule has 37 heavy (non-hydrogen) atoms. The number of rotatable bonds is 2. The Labute approximate surface area is 226 Å². The maximum absolute atomic E-state index is 14.0. The number of nitrogens with one attached hydrogen (secondary N) is 2. The molecule has 4 aromatic carbocycles. The van der Waals surface area contributed by atoms with Crippen molar-refractivity contribution in [1.82, 2.24) is 10.4 Å². The molecule has 184 valence electrons. The Morgan fingerprint density at radius 3 is 2.03 bits per heavy atom. The van der Waals surface area contributed by atoms with Crippen LogP contribution in [0.3, 0.4) is 0 Å². The van der Waals surface area contributed by atoms with Crippen LogP contribution in [-0.4, -0.2) is 26.2 Å². The standard InChI is InChI=1S/C27H17Cl2N3O4S/c28-19-10-17-23(12-21(19)33)36-24-13-22(34)20(29)11-18(24)27(17)16-9-5-4-8-15(16)25(35)32(27)31-26(37)30-14-6-2-1-3-7-14/h1-13,33-34H,(H2,30,31,37). The maximum Gasteiger partial charge on any atom is 0.274 e. The van der Waals surface area contributed by atoms with Crippen LogP contribution in [0.2, 0.25) is 10.0 Å². The van der Waals surface area contributed by atoms with E-state index < -0.39 is 5.54 Å². The van der Waals surface area contributed by atoms with Gasteiger partial charge in [-0.05, 0) is 42.5 Å². The molecule has 0 radical (unpaired) electrons. The SMILES string of the molecule is O=C1c2ccccc2C2(c3cc(Cl)c(O)cc3Oc3cc(O)c(Cl)cc32)N1NC(=S)Nc1ccccc1. The number of thiocarbonyl (C=S) groups is 1. The van der Waals surface area contributed by atoms with Crippen LogP contribution < -0.4 is 15.5 Å². The van der Waals surface area contributed by atoms with Gasteiger partial charge in [0, 0.05) is 40.1 Å². The van der Waals surface area contributed by atoms with E-state index in [0.717, 1.165) is 5.69 Å². The van der Waals surface area contributed by atoms with Gasteiger partial charge in [0.25, 0.3) is 5.91 Å². The van der Waals surface area contributed by atoms with Crippen LogP contribution in [0, 0.1) is 0 Å². The average molecular weight is 550 g/mol. The molecule has 2 heterocycles. The summed E-state index contributed by atoms with van der Waals surface area (Å²) in [6, 6.07) is 22.2. The van der Waals surface area contributed by atoms with Crippen molar-refractivity contribution in [3.8, 4) is 23.0 Å². The second-order valence-corrected chi connectivity index (χ2v) is 9.75. The zero-order valence-electron chi connectivity index (χ0n) is 18.8. The van der Waals surface area contributed by atoms with Gasteiger partial charge in [0.2, 0.25) is 0 Å². The van der Waals surface area contributed by atoms with Crippen molar-refractivity contribution in [1.29, 1.82) is 0 Å². The Morgan fingerprint density at radius 1 is 0.838 bits per heavy atom. The number of phenolic OH excluding ortho intramolecular Hbond substituents is 2. The number of hydrazine groups is 1. The molecule has 2 aliphatic rings. The summed E-state index contributed by atoms with van der Waals surface area (Å²) in [5.41, 5.74) is 4.41. The van der Waals surface area contributed by atoms with E-state index in [4.69, 9.17) is 40.2 Å². The molecule has 0 saturated carbocycles. The predicted molar refractivity (Wildman–Crippen MR) is 145 cm³/mol. The zero-order chi connectivity index (χ0) is 25.9. The first kappa shape index (κ1) is 23.4. The fourth-order valence-electron chi connectivity index (χ4n) is 4.91. The van der Waals surface area contributed by atoms with Crippen molar-refractivity contribution < 1.29 is 19.7 Å². The molecule has 0 bridgehead atoms. The lowest BCUT2D eigenvalue weighted by Crippen LogP contribution is -2.56. The number of hydrogen-bond donors (Lipinski definition) is 4. The Hall–Kier alpha value is -3.98. The van der Waals surface area contributed by atoms with Gasteiger partial charge in [-0.1, -0.05) is 59.6 Å². The highest BCUT2D eigenvalue weighted by molar-refractivity contribution is 7.80. The lowest BCUT2D eigenvalue weighted by atomic mass is 9.75. The normalized spacial score (nSPS) is 14.4. The molecule has 0 aromatic heterocycles. The molecule has 0 fully saturated rings. The fourth-order valence-corrected chi connectivity index (χ4v) is 5.45. The number of amides is 1. The summed E-state index contributed by atoms with van der Waals surface area (Å²) in [5, 5.41) is 25.5. The van der Waals surface area contributed by atoms with Crippen molar-refractivity contribution in [3.05, 3.63) is 111 Å². The molecule has 6 rings (SSSR count). The summed E-state index contributed by atoms with van der Waals surface area (Å²) < 4.78 is 6.08. The van der Waals surface area contributed by atoms with Crippen LogP contribution in [0.25, 0.3) is 0 Å². The van der Waals surface area contributed by atoms with E-state index in [9.17, 15) is 15.0 Å². The molecule has 1 spiro atoms. The molecule has 0 aliphatic carbocycles. The lowest BCUT2D eigenvalue weighted by Gasteiger charge is -2.44. The number of aromatic hydroxyl groups is 2. The number of halogens is 2. The predicted octanol–water partition coefficient (Wildman–Crippen LogP) is 6.16. The molecular weight excluding hydrogens is 533 g/mol. The largest absolute Gasteiger partial charge is 0.506 e. The number of benzene rings is 4. The third-order valence-electron chi connectivity index (χ3n) is 6.43. The van der Waals surface area contributed by atoms with Gasteiger partial charge in [-0.2, -0.15) is 0 Å². The van der Waals surface area contributed by atoms with Crippen molar-refractivity contribution in [2.75, 3.05) is 5.32 Å². The van der Waals surface area contributed by atoms with Crippen molar-refractivity contribution >= 4 is 52.1 Å². The minimum absolute atomic E-state index is 0.0665. The Bertz CT molecular complexity index is 1560. The van der Waals surface area contributed by atoms with Gasteiger partial charge in [0.05, 0.1) is 10.0 Å². The highest BCUT2D eigenvalue weighted by Crippen LogP contribution is 2.59. The lowest BCUT2D eigenvalue weighted by molar-refractivity contribution is 0.0595. The number of ether oxygens (including phenoxy) is 1. The summed E-state index contributed by atoms with van der Waals surface area (Å²) in [6.45, 7) is 0. The highest BCUT2D eigenvalue weighted by atomic mass is 35.5. The molecule has 0 atom stereocenters. The molecule has 1 amide bonds. The van der Waals surface area contributed by atoms with Crippen LogP contribution in [-0.2, 0) is 5.54 Å². The molecule has 4 N–H and O–H groups in total. The topological polar surface area (TPSA) is 94.1 Å². The number of hydrogen-bond acceptors (Lipinski definition) is 5. The molecule has 10 heteroatoms. The van der Waals surface area contributed by atoms with Crippen LogP contribution in [0.15, 0.2) is 78.9 Å². The number of para-hydroxylation sites is 1. The molecule has 0 unspecified atom stereocenters. The summed E-state index contributed by atoms with van der Waals surface area (Å²) in [6.07, 6.45) is 0. The first-order chi connectivity index (χ1) is 17.8. The first-order valence-electron chi connectivity index (χ1n) is 11.1. The van der Waals surface area contributed by atoms with Gasteiger partial charge in [-0.3, -0.25) is 10.2 Å². The van der Waals surface area contributed by atoms with Crippen LogP contribution >= 0.6 is 35.4 Å². The molecular formula is C27H17Cl2N3O4S. The van der Waals surface area contributed by atoms with Crippen LogP contribution in [0.5, 0.6) is 23.0 Å². The zero-order valence-corrected chi connectivity index (χ0v) is 21.2. The molecule has 2 aliphatic heterocycles. The minimum atomic E-state index is -1.37. The maximum atomic E-state index is 14.0. The molecule has 4 aromatic rings. The third kappa shape index (κ3) is 3.48. The highest BCUT2D eigenvalue weighted by Gasteiger charge is 2.57. The Balaban J connectivity index is 1.62. The van der Waals surface area contributed by atoms with E-state index in [1.54, 1.807) is 24.3 Å². The summed E-state index contributed by atoms with van der Waals surface area (Å²) in [5.74, 6) is -0.269. The number of anilines is 1.